The smallest absolute Gasteiger partial charge is 0.229 e. The highest BCUT2D eigenvalue weighted by Gasteiger charge is 2.34. The van der Waals surface area contributed by atoms with Gasteiger partial charge in [0.2, 0.25) is 5.91 Å². The summed E-state index contributed by atoms with van der Waals surface area (Å²) < 4.78 is 0. The highest BCUT2D eigenvalue weighted by atomic mass is 16.2. The van der Waals surface area contributed by atoms with E-state index in [0.29, 0.717) is 12.0 Å². The van der Waals surface area contributed by atoms with Crippen LogP contribution in [-0.4, -0.2) is 30.4 Å². The number of likely N-dealkylation sites (tertiary alicyclic amines) is 1. The Morgan fingerprint density at radius 2 is 2.00 bits per heavy atom. The SMILES string of the molecule is CC[C@]1(C)CCCN(C(=O)C(C)(C)CN)CC1. The number of hydrogen-bond donors (Lipinski definition) is 1. The Labute approximate surface area is 106 Å². The van der Waals surface area contributed by atoms with Crippen LogP contribution in [0.1, 0.15) is 53.4 Å². The Hall–Kier alpha value is -0.570. The van der Waals surface area contributed by atoms with Gasteiger partial charge in [-0.05, 0) is 38.5 Å². The van der Waals surface area contributed by atoms with Crippen LogP contribution in [0, 0.1) is 10.8 Å². The third-order valence-electron chi connectivity index (χ3n) is 4.42. The molecule has 1 aliphatic heterocycles. The molecule has 0 bridgehead atoms. The first-order valence-corrected chi connectivity index (χ1v) is 6.84. The standard InChI is InChI=1S/C14H28N2O/c1-5-14(4)7-6-9-16(10-8-14)12(17)13(2,3)11-15/h5-11,15H2,1-4H3/t14-/m1/s1. The Bertz CT molecular complexity index is 275. The molecule has 1 atom stereocenters. The molecule has 1 fully saturated rings. The molecule has 17 heavy (non-hydrogen) atoms. The zero-order valence-corrected chi connectivity index (χ0v) is 11.9. The summed E-state index contributed by atoms with van der Waals surface area (Å²) in [7, 11) is 0. The van der Waals surface area contributed by atoms with Crippen molar-refractivity contribution < 1.29 is 4.79 Å². The fourth-order valence-corrected chi connectivity index (χ4v) is 2.41. The molecule has 0 radical (unpaired) electrons. The summed E-state index contributed by atoms with van der Waals surface area (Å²) in [6.45, 7) is 10.7. The van der Waals surface area contributed by atoms with E-state index in [9.17, 15) is 4.79 Å². The molecule has 0 aliphatic carbocycles. The van der Waals surface area contributed by atoms with Crippen molar-refractivity contribution in [3.63, 3.8) is 0 Å². The van der Waals surface area contributed by atoms with Crippen LogP contribution in [0.2, 0.25) is 0 Å². The predicted octanol–water partition coefficient (Wildman–Crippen LogP) is 2.40. The minimum Gasteiger partial charge on any atom is -0.342 e. The third-order valence-corrected chi connectivity index (χ3v) is 4.42. The van der Waals surface area contributed by atoms with E-state index in [4.69, 9.17) is 5.73 Å². The van der Waals surface area contributed by atoms with E-state index in [1.807, 2.05) is 18.7 Å². The number of carbonyl (C=O) groups excluding carboxylic acids is 1. The van der Waals surface area contributed by atoms with Crippen molar-refractivity contribution in [2.75, 3.05) is 19.6 Å². The van der Waals surface area contributed by atoms with Crippen molar-refractivity contribution in [3.05, 3.63) is 0 Å². The van der Waals surface area contributed by atoms with Crippen molar-refractivity contribution in [1.29, 1.82) is 0 Å². The normalized spacial score (nSPS) is 26.8. The van der Waals surface area contributed by atoms with E-state index in [2.05, 4.69) is 13.8 Å². The van der Waals surface area contributed by atoms with Crippen LogP contribution in [0.3, 0.4) is 0 Å². The summed E-state index contributed by atoms with van der Waals surface area (Å²) in [5, 5.41) is 0. The van der Waals surface area contributed by atoms with Crippen molar-refractivity contribution in [2.45, 2.75) is 53.4 Å². The lowest BCUT2D eigenvalue weighted by molar-refractivity contribution is -0.139. The van der Waals surface area contributed by atoms with Crippen LogP contribution >= 0.6 is 0 Å². The second kappa shape index (κ2) is 5.38. The maximum absolute atomic E-state index is 12.3. The Morgan fingerprint density at radius 1 is 1.35 bits per heavy atom. The highest BCUT2D eigenvalue weighted by Crippen LogP contribution is 2.34. The molecular formula is C14H28N2O. The van der Waals surface area contributed by atoms with Crippen molar-refractivity contribution >= 4 is 5.91 Å². The molecule has 0 aromatic heterocycles. The lowest BCUT2D eigenvalue weighted by Gasteiger charge is -2.31. The summed E-state index contributed by atoms with van der Waals surface area (Å²) in [6.07, 6.45) is 4.68. The van der Waals surface area contributed by atoms with E-state index < -0.39 is 5.41 Å². The molecule has 0 saturated carbocycles. The molecule has 0 unspecified atom stereocenters. The van der Waals surface area contributed by atoms with E-state index >= 15 is 0 Å². The van der Waals surface area contributed by atoms with Gasteiger partial charge in [0, 0.05) is 19.6 Å². The van der Waals surface area contributed by atoms with Gasteiger partial charge < -0.3 is 10.6 Å². The summed E-state index contributed by atoms with van der Waals surface area (Å²) in [6, 6.07) is 0. The van der Waals surface area contributed by atoms with Gasteiger partial charge in [-0.2, -0.15) is 0 Å². The average Bonchev–Trinajstić information content (AvgIpc) is 2.51. The molecule has 1 rings (SSSR count). The second-order valence-corrected chi connectivity index (χ2v) is 6.40. The highest BCUT2D eigenvalue weighted by molar-refractivity contribution is 5.82. The van der Waals surface area contributed by atoms with E-state index in [0.717, 1.165) is 25.9 Å². The van der Waals surface area contributed by atoms with E-state index in [1.54, 1.807) is 0 Å². The third kappa shape index (κ3) is 3.44. The van der Waals surface area contributed by atoms with Gasteiger partial charge in [-0.15, -0.1) is 0 Å². The number of rotatable bonds is 3. The number of hydrogen-bond acceptors (Lipinski definition) is 2. The van der Waals surface area contributed by atoms with Gasteiger partial charge in [-0.3, -0.25) is 4.79 Å². The number of carbonyl (C=O) groups is 1. The van der Waals surface area contributed by atoms with Crippen LogP contribution in [0.5, 0.6) is 0 Å². The van der Waals surface area contributed by atoms with Gasteiger partial charge in [0.25, 0.3) is 0 Å². The minimum atomic E-state index is -0.410. The minimum absolute atomic E-state index is 0.223. The second-order valence-electron chi connectivity index (χ2n) is 6.40. The molecule has 2 N–H and O–H groups in total. The predicted molar refractivity (Wildman–Crippen MR) is 71.7 cm³/mol. The zero-order valence-electron chi connectivity index (χ0n) is 11.9. The quantitative estimate of drug-likeness (QED) is 0.823. The van der Waals surface area contributed by atoms with Gasteiger partial charge in [0.15, 0.2) is 0 Å². The lowest BCUT2D eigenvalue weighted by atomic mass is 9.80. The molecule has 1 heterocycles. The Balaban J connectivity index is 2.66. The zero-order chi connectivity index (χ0) is 13.1. The maximum Gasteiger partial charge on any atom is 0.229 e. The fourth-order valence-electron chi connectivity index (χ4n) is 2.41. The Morgan fingerprint density at radius 3 is 2.53 bits per heavy atom. The molecule has 1 aliphatic rings. The molecule has 3 nitrogen and oxygen atoms in total. The molecular weight excluding hydrogens is 212 g/mol. The van der Waals surface area contributed by atoms with E-state index in [-0.39, 0.29) is 5.91 Å². The molecule has 0 aromatic rings. The van der Waals surface area contributed by atoms with Gasteiger partial charge in [0.1, 0.15) is 0 Å². The Kier molecular flexibility index (Phi) is 4.59. The molecule has 3 heteroatoms. The summed E-state index contributed by atoms with van der Waals surface area (Å²) in [5.74, 6) is 0.223. The molecule has 100 valence electrons. The number of nitrogens with zero attached hydrogens (tertiary/aromatic N) is 1. The maximum atomic E-state index is 12.3. The summed E-state index contributed by atoms with van der Waals surface area (Å²) >= 11 is 0. The molecule has 1 saturated heterocycles. The lowest BCUT2D eigenvalue weighted by Crippen LogP contribution is -2.45. The van der Waals surface area contributed by atoms with E-state index in [1.165, 1.54) is 12.8 Å². The van der Waals surface area contributed by atoms with Crippen molar-refractivity contribution in [1.82, 2.24) is 4.90 Å². The van der Waals surface area contributed by atoms with Gasteiger partial charge in [0.05, 0.1) is 5.41 Å². The first-order valence-electron chi connectivity index (χ1n) is 6.84. The van der Waals surface area contributed by atoms with Crippen molar-refractivity contribution in [3.8, 4) is 0 Å². The first-order chi connectivity index (χ1) is 7.84. The average molecular weight is 240 g/mol. The molecule has 0 aromatic carbocycles. The first kappa shape index (κ1) is 14.5. The summed E-state index contributed by atoms with van der Waals surface area (Å²) in [4.78, 5) is 14.4. The van der Waals surface area contributed by atoms with Gasteiger partial charge >= 0.3 is 0 Å². The molecule has 0 spiro atoms. The number of amides is 1. The largest absolute Gasteiger partial charge is 0.342 e. The van der Waals surface area contributed by atoms with Crippen LogP contribution in [0.15, 0.2) is 0 Å². The van der Waals surface area contributed by atoms with Crippen LogP contribution in [0.4, 0.5) is 0 Å². The number of nitrogens with two attached hydrogens (primary N) is 1. The molecule has 1 amide bonds. The van der Waals surface area contributed by atoms with Crippen molar-refractivity contribution in [2.24, 2.45) is 16.6 Å². The summed E-state index contributed by atoms with van der Waals surface area (Å²) in [5.41, 5.74) is 5.69. The van der Waals surface area contributed by atoms with Gasteiger partial charge in [-0.25, -0.2) is 0 Å². The van der Waals surface area contributed by atoms with Crippen LogP contribution in [0.25, 0.3) is 0 Å². The fraction of sp³-hybridized carbons (Fsp3) is 0.929. The monoisotopic (exact) mass is 240 g/mol. The topological polar surface area (TPSA) is 46.3 Å². The van der Waals surface area contributed by atoms with Crippen LogP contribution in [-0.2, 0) is 4.79 Å². The van der Waals surface area contributed by atoms with Crippen LogP contribution < -0.4 is 5.73 Å². The van der Waals surface area contributed by atoms with Gasteiger partial charge in [-0.1, -0.05) is 20.3 Å².